The Morgan fingerprint density at radius 1 is 1.41 bits per heavy atom. The second-order valence-electron chi connectivity index (χ2n) is 4.44. The minimum absolute atomic E-state index is 0.00838. The van der Waals surface area contributed by atoms with Gasteiger partial charge in [0, 0.05) is 28.7 Å². The molecule has 0 aliphatic carbocycles. The number of aromatic amines is 1. The third-order valence-corrected chi connectivity index (χ3v) is 2.91. The van der Waals surface area contributed by atoms with Gasteiger partial charge in [0.2, 0.25) is 0 Å². The van der Waals surface area contributed by atoms with Crippen molar-refractivity contribution >= 4 is 16.8 Å². The van der Waals surface area contributed by atoms with Crippen LogP contribution in [0.4, 0.5) is 0 Å². The zero-order valence-electron chi connectivity index (χ0n) is 10.3. The van der Waals surface area contributed by atoms with Crippen LogP contribution in [0.3, 0.4) is 0 Å². The highest BCUT2D eigenvalue weighted by molar-refractivity contribution is 5.98. The van der Waals surface area contributed by atoms with E-state index in [0.717, 1.165) is 29.3 Å². The topological polar surface area (TPSA) is 44.9 Å². The van der Waals surface area contributed by atoms with Crippen molar-refractivity contribution in [3.63, 3.8) is 0 Å². The van der Waals surface area contributed by atoms with Crippen molar-refractivity contribution in [2.45, 2.75) is 32.7 Å². The third kappa shape index (κ3) is 2.67. The summed E-state index contributed by atoms with van der Waals surface area (Å²) in [5.74, 6) is 0.00838. The maximum absolute atomic E-state index is 12.0. The molecule has 3 heteroatoms. The molecule has 2 aromatic rings. The summed E-state index contributed by atoms with van der Waals surface area (Å²) in [6.45, 7) is 4.16. The molecule has 0 fully saturated rings. The van der Waals surface area contributed by atoms with E-state index in [9.17, 15) is 4.79 Å². The number of hydrogen-bond acceptors (Lipinski definition) is 1. The monoisotopic (exact) mass is 230 g/mol. The Kier molecular flexibility index (Phi) is 3.47. The minimum atomic E-state index is 0.00838. The predicted molar refractivity (Wildman–Crippen MR) is 70.1 cm³/mol. The summed E-state index contributed by atoms with van der Waals surface area (Å²) in [6.07, 6.45) is 3.97. The lowest BCUT2D eigenvalue weighted by Crippen LogP contribution is -2.32. The molecule has 0 aliphatic heterocycles. The first kappa shape index (κ1) is 11.7. The fraction of sp³-hybridized carbons (Fsp3) is 0.357. The fourth-order valence-electron chi connectivity index (χ4n) is 2.01. The molecule has 0 saturated carbocycles. The highest BCUT2D eigenvalue weighted by Crippen LogP contribution is 2.14. The van der Waals surface area contributed by atoms with Crippen LogP contribution < -0.4 is 5.32 Å². The van der Waals surface area contributed by atoms with Crippen molar-refractivity contribution in [1.82, 2.24) is 10.3 Å². The lowest BCUT2D eigenvalue weighted by atomic mass is 10.1. The van der Waals surface area contributed by atoms with E-state index >= 15 is 0 Å². The van der Waals surface area contributed by atoms with Crippen LogP contribution in [0.2, 0.25) is 0 Å². The fourth-order valence-corrected chi connectivity index (χ4v) is 2.01. The summed E-state index contributed by atoms with van der Waals surface area (Å²) in [5.41, 5.74) is 1.78. The average molecular weight is 230 g/mol. The molecule has 17 heavy (non-hydrogen) atoms. The molecule has 0 aliphatic rings. The van der Waals surface area contributed by atoms with Crippen LogP contribution in [0.25, 0.3) is 10.9 Å². The Balaban J connectivity index is 2.13. The number of carbonyl (C=O) groups excluding carboxylic acids is 1. The van der Waals surface area contributed by atoms with E-state index in [-0.39, 0.29) is 11.9 Å². The van der Waals surface area contributed by atoms with E-state index in [4.69, 9.17) is 0 Å². The Hall–Kier alpha value is -1.77. The van der Waals surface area contributed by atoms with Crippen molar-refractivity contribution in [3.8, 4) is 0 Å². The lowest BCUT2D eigenvalue weighted by molar-refractivity contribution is 0.0938. The number of carbonyl (C=O) groups is 1. The van der Waals surface area contributed by atoms with Gasteiger partial charge < -0.3 is 10.3 Å². The molecule has 0 spiro atoms. The van der Waals surface area contributed by atoms with Crippen LogP contribution >= 0.6 is 0 Å². The number of amides is 1. The van der Waals surface area contributed by atoms with Crippen molar-refractivity contribution < 1.29 is 4.79 Å². The molecule has 1 amide bonds. The first-order valence-electron chi connectivity index (χ1n) is 6.08. The van der Waals surface area contributed by atoms with Gasteiger partial charge in [0.15, 0.2) is 0 Å². The van der Waals surface area contributed by atoms with Crippen LogP contribution in [0.5, 0.6) is 0 Å². The Morgan fingerprint density at radius 3 is 3.00 bits per heavy atom. The minimum Gasteiger partial charge on any atom is -0.361 e. The van der Waals surface area contributed by atoms with E-state index in [1.807, 2.05) is 37.4 Å². The summed E-state index contributed by atoms with van der Waals surface area (Å²) in [4.78, 5) is 15.1. The quantitative estimate of drug-likeness (QED) is 0.833. The summed E-state index contributed by atoms with van der Waals surface area (Å²) in [7, 11) is 0. The van der Waals surface area contributed by atoms with Crippen LogP contribution in [0.15, 0.2) is 30.5 Å². The summed E-state index contributed by atoms with van der Waals surface area (Å²) < 4.78 is 0. The number of hydrogen-bond donors (Lipinski definition) is 2. The van der Waals surface area contributed by atoms with Gasteiger partial charge in [-0.1, -0.05) is 13.3 Å². The summed E-state index contributed by atoms with van der Waals surface area (Å²) in [5, 5.41) is 4.08. The molecule has 3 nitrogen and oxygen atoms in total. The van der Waals surface area contributed by atoms with E-state index in [1.54, 1.807) is 0 Å². The smallest absolute Gasteiger partial charge is 0.251 e. The molecule has 0 saturated heterocycles. The molecular formula is C14H18N2O. The molecule has 1 unspecified atom stereocenters. The summed E-state index contributed by atoms with van der Waals surface area (Å²) >= 11 is 0. The molecule has 2 N–H and O–H groups in total. The van der Waals surface area contributed by atoms with Gasteiger partial charge in [0.05, 0.1) is 0 Å². The third-order valence-electron chi connectivity index (χ3n) is 2.91. The number of H-pyrrole nitrogens is 1. The molecule has 0 radical (unpaired) electrons. The highest BCUT2D eigenvalue weighted by atomic mass is 16.1. The number of aromatic nitrogens is 1. The second kappa shape index (κ2) is 5.04. The van der Waals surface area contributed by atoms with Crippen LogP contribution in [-0.4, -0.2) is 16.9 Å². The molecule has 1 aromatic heterocycles. The van der Waals surface area contributed by atoms with Gasteiger partial charge in [0.1, 0.15) is 0 Å². The predicted octanol–water partition coefficient (Wildman–Crippen LogP) is 3.09. The summed E-state index contributed by atoms with van der Waals surface area (Å²) in [6, 6.07) is 7.91. The van der Waals surface area contributed by atoms with Crippen LogP contribution in [0.1, 0.15) is 37.0 Å². The molecule has 0 bridgehead atoms. The standard InChI is InChI=1S/C14H18N2O/c1-3-4-10(2)16-14(17)12-5-6-13-11(9-12)7-8-15-13/h5-10,15H,3-4H2,1-2H3,(H,16,17). The molecule has 1 aromatic carbocycles. The van der Waals surface area contributed by atoms with Gasteiger partial charge in [-0.05, 0) is 37.6 Å². The maximum atomic E-state index is 12.0. The average Bonchev–Trinajstić information content (AvgIpc) is 2.75. The normalized spacial score (nSPS) is 12.6. The number of fused-ring (bicyclic) bond motifs is 1. The maximum Gasteiger partial charge on any atom is 0.251 e. The Morgan fingerprint density at radius 2 is 2.24 bits per heavy atom. The van der Waals surface area contributed by atoms with Crippen molar-refractivity contribution in [3.05, 3.63) is 36.0 Å². The number of rotatable bonds is 4. The lowest BCUT2D eigenvalue weighted by Gasteiger charge is -2.12. The van der Waals surface area contributed by atoms with E-state index in [2.05, 4.69) is 17.2 Å². The molecule has 1 heterocycles. The van der Waals surface area contributed by atoms with Crippen molar-refractivity contribution in [2.75, 3.05) is 0 Å². The Bertz CT molecular complexity index is 516. The SMILES string of the molecule is CCCC(C)NC(=O)c1ccc2[nH]ccc2c1. The Labute approximate surface area is 101 Å². The van der Waals surface area contributed by atoms with Crippen LogP contribution in [-0.2, 0) is 0 Å². The van der Waals surface area contributed by atoms with Gasteiger partial charge >= 0.3 is 0 Å². The molecule has 2 rings (SSSR count). The van der Waals surface area contributed by atoms with Gasteiger partial charge in [-0.2, -0.15) is 0 Å². The van der Waals surface area contributed by atoms with E-state index in [1.165, 1.54) is 0 Å². The first-order chi connectivity index (χ1) is 8.20. The second-order valence-corrected chi connectivity index (χ2v) is 4.44. The van der Waals surface area contributed by atoms with Gasteiger partial charge in [-0.15, -0.1) is 0 Å². The zero-order valence-corrected chi connectivity index (χ0v) is 10.3. The van der Waals surface area contributed by atoms with Gasteiger partial charge in [-0.3, -0.25) is 4.79 Å². The van der Waals surface area contributed by atoms with Crippen molar-refractivity contribution in [1.29, 1.82) is 0 Å². The van der Waals surface area contributed by atoms with E-state index in [0.29, 0.717) is 0 Å². The number of benzene rings is 1. The first-order valence-corrected chi connectivity index (χ1v) is 6.08. The van der Waals surface area contributed by atoms with Gasteiger partial charge in [0.25, 0.3) is 5.91 Å². The number of nitrogens with one attached hydrogen (secondary N) is 2. The molecule has 90 valence electrons. The van der Waals surface area contributed by atoms with Gasteiger partial charge in [-0.25, -0.2) is 0 Å². The van der Waals surface area contributed by atoms with E-state index < -0.39 is 0 Å². The zero-order chi connectivity index (χ0) is 12.3. The van der Waals surface area contributed by atoms with Crippen molar-refractivity contribution in [2.24, 2.45) is 0 Å². The van der Waals surface area contributed by atoms with Crippen LogP contribution in [0, 0.1) is 0 Å². The largest absolute Gasteiger partial charge is 0.361 e. The molecular weight excluding hydrogens is 212 g/mol. The molecule has 1 atom stereocenters. The highest BCUT2D eigenvalue weighted by Gasteiger charge is 2.09.